The summed E-state index contributed by atoms with van der Waals surface area (Å²) < 4.78 is 5.49. The minimum absolute atomic E-state index is 0.195. The first-order valence-corrected chi connectivity index (χ1v) is 7.39. The monoisotopic (exact) mass is 317 g/mol. The number of benzene rings is 2. The Morgan fingerprint density at radius 3 is 2.33 bits per heavy atom. The van der Waals surface area contributed by atoms with Crippen molar-refractivity contribution < 1.29 is 9.53 Å². The molecule has 0 spiro atoms. The molecule has 0 aliphatic rings. The van der Waals surface area contributed by atoms with Crippen LogP contribution in [0, 0.1) is 0 Å². The quantitative estimate of drug-likeness (QED) is 0.724. The van der Waals surface area contributed by atoms with E-state index in [9.17, 15) is 4.79 Å². The van der Waals surface area contributed by atoms with Gasteiger partial charge in [-0.25, -0.2) is 9.97 Å². The van der Waals surface area contributed by atoms with Crippen molar-refractivity contribution >= 4 is 17.7 Å². The highest BCUT2D eigenvalue weighted by molar-refractivity contribution is 6.01. The molecule has 1 heterocycles. The van der Waals surface area contributed by atoms with Crippen LogP contribution in [0.15, 0.2) is 79.1 Å². The number of hydrogen-bond acceptors (Lipinski definition) is 4. The maximum absolute atomic E-state index is 11.9. The molecule has 24 heavy (non-hydrogen) atoms. The van der Waals surface area contributed by atoms with Crippen molar-refractivity contribution in [2.24, 2.45) is 0 Å². The van der Waals surface area contributed by atoms with Crippen LogP contribution in [0.3, 0.4) is 0 Å². The molecule has 0 aliphatic heterocycles. The fourth-order valence-electron chi connectivity index (χ4n) is 1.97. The lowest BCUT2D eigenvalue weighted by Gasteiger charge is -2.05. The van der Waals surface area contributed by atoms with Crippen molar-refractivity contribution in [1.82, 2.24) is 9.97 Å². The van der Waals surface area contributed by atoms with Gasteiger partial charge in [0.15, 0.2) is 0 Å². The molecule has 5 heteroatoms. The molecule has 3 rings (SSSR count). The lowest BCUT2D eigenvalue weighted by Crippen LogP contribution is -2.07. The Kier molecular flexibility index (Phi) is 4.94. The Hall–Kier alpha value is -3.47. The molecule has 0 saturated carbocycles. The van der Waals surface area contributed by atoms with Crippen LogP contribution in [0.5, 0.6) is 11.8 Å². The Morgan fingerprint density at radius 2 is 1.62 bits per heavy atom. The SMILES string of the molecule is O=C(C=Cc1ccccc1)Nc1ccc(Oc2ncccn2)cc1. The predicted molar refractivity (Wildman–Crippen MR) is 92.7 cm³/mol. The van der Waals surface area contributed by atoms with Gasteiger partial charge in [-0.05, 0) is 42.0 Å². The van der Waals surface area contributed by atoms with Gasteiger partial charge in [-0.3, -0.25) is 4.79 Å². The van der Waals surface area contributed by atoms with Crippen molar-refractivity contribution in [3.05, 3.63) is 84.7 Å². The van der Waals surface area contributed by atoms with E-state index in [2.05, 4.69) is 15.3 Å². The molecule has 0 bridgehead atoms. The first-order valence-electron chi connectivity index (χ1n) is 7.39. The fraction of sp³-hybridized carbons (Fsp3) is 0. The summed E-state index contributed by atoms with van der Waals surface area (Å²) in [4.78, 5) is 19.9. The van der Waals surface area contributed by atoms with Crippen LogP contribution in [-0.4, -0.2) is 15.9 Å². The van der Waals surface area contributed by atoms with Crippen molar-refractivity contribution in [3.8, 4) is 11.8 Å². The zero-order valence-corrected chi connectivity index (χ0v) is 12.8. The normalized spacial score (nSPS) is 10.5. The van der Waals surface area contributed by atoms with Gasteiger partial charge in [0.1, 0.15) is 5.75 Å². The number of nitrogens with zero attached hydrogens (tertiary/aromatic N) is 2. The average molecular weight is 317 g/mol. The topological polar surface area (TPSA) is 64.1 Å². The molecular weight excluding hydrogens is 302 g/mol. The van der Waals surface area contributed by atoms with Crippen molar-refractivity contribution in [2.75, 3.05) is 5.32 Å². The van der Waals surface area contributed by atoms with Gasteiger partial charge in [-0.1, -0.05) is 30.3 Å². The lowest BCUT2D eigenvalue weighted by molar-refractivity contribution is -0.111. The number of amides is 1. The summed E-state index contributed by atoms with van der Waals surface area (Å²) in [5.74, 6) is 0.401. The Bertz CT molecular complexity index is 816. The largest absolute Gasteiger partial charge is 0.424 e. The number of hydrogen-bond donors (Lipinski definition) is 1. The number of ether oxygens (including phenoxy) is 1. The third kappa shape index (κ3) is 4.51. The van der Waals surface area contributed by atoms with Gasteiger partial charge in [0.2, 0.25) is 5.91 Å². The third-order valence-corrected chi connectivity index (χ3v) is 3.10. The van der Waals surface area contributed by atoms with Gasteiger partial charge in [0.25, 0.3) is 0 Å². The minimum Gasteiger partial charge on any atom is -0.424 e. The number of anilines is 1. The number of carbonyl (C=O) groups excluding carboxylic acids is 1. The maximum atomic E-state index is 11.9. The third-order valence-electron chi connectivity index (χ3n) is 3.10. The van der Waals surface area contributed by atoms with Crippen LogP contribution >= 0.6 is 0 Å². The van der Waals surface area contributed by atoms with Gasteiger partial charge in [0, 0.05) is 24.2 Å². The molecular formula is C19H15N3O2. The van der Waals surface area contributed by atoms with Crippen LogP contribution < -0.4 is 10.1 Å². The van der Waals surface area contributed by atoms with Gasteiger partial charge in [-0.2, -0.15) is 0 Å². The number of rotatable bonds is 5. The van der Waals surface area contributed by atoms with E-state index in [0.29, 0.717) is 11.4 Å². The van der Waals surface area contributed by atoms with E-state index in [4.69, 9.17) is 4.74 Å². The van der Waals surface area contributed by atoms with E-state index >= 15 is 0 Å². The van der Waals surface area contributed by atoms with Crippen LogP contribution in [0.25, 0.3) is 6.08 Å². The second kappa shape index (κ2) is 7.69. The molecule has 0 radical (unpaired) electrons. The van der Waals surface area contributed by atoms with Crippen molar-refractivity contribution in [1.29, 1.82) is 0 Å². The maximum Gasteiger partial charge on any atom is 0.321 e. The molecule has 0 fully saturated rings. The highest BCUT2D eigenvalue weighted by Crippen LogP contribution is 2.19. The number of nitrogens with one attached hydrogen (secondary N) is 1. The number of aromatic nitrogens is 2. The van der Waals surface area contributed by atoms with Crippen LogP contribution in [0.2, 0.25) is 0 Å². The standard InChI is InChI=1S/C19H15N3O2/c23-18(12-7-15-5-2-1-3-6-15)22-16-8-10-17(11-9-16)24-19-20-13-4-14-21-19/h1-14H,(H,22,23). The fourth-order valence-corrected chi connectivity index (χ4v) is 1.97. The summed E-state index contributed by atoms with van der Waals surface area (Å²) in [7, 11) is 0. The first kappa shape index (κ1) is 15.4. The molecule has 3 aromatic rings. The average Bonchev–Trinajstić information content (AvgIpc) is 2.63. The van der Waals surface area contributed by atoms with Crippen LogP contribution in [0.1, 0.15) is 5.56 Å². The second-order valence-electron chi connectivity index (χ2n) is 4.89. The van der Waals surface area contributed by atoms with Gasteiger partial charge < -0.3 is 10.1 Å². The van der Waals surface area contributed by atoms with E-state index < -0.39 is 0 Å². The van der Waals surface area contributed by atoms with Crippen molar-refractivity contribution in [2.45, 2.75) is 0 Å². The molecule has 0 unspecified atom stereocenters. The summed E-state index contributed by atoms with van der Waals surface area (Å²) in [6, 6.07) is 18.6. The summed E-state index contributed by atoms with van der Waals surface area (Å²) in [6.45, 7) is 0. The van der Waals surface area contributed by atoms with Gasteiger partial charge in [0.05, 0.1) is 0 Å². The summed E-state index contributed by atoms with van der Waals surface area (Å²) in [6.07, 6.45) is 6.48. The highest BCUT2D eigenvalue weighted by Gasteiger charge is 2.01. The predicted octanol–water partition coefficient (Wildman–Crippen LogP) is 3.92. The Balaban J connectivity index is 1.58. The minimum atomic E-state index is -0.195. The van der Waals surface area contributed by atoms with E-state index in [1.165, 1.54) is 6.08 Å². The van der Waals surface area contributed by atoms with Gasteiger partial charge >= 0.3 is 6.01 Å². The number of carbonyl (C=O) groups is 1. The zero-order chi connectivity index (χ0) is 16.6. The molecule has 1 aromatic heterocycles. The zero-order valence-electron chi connectivity index (χ0n) is 12.8. The van der Waals surface area contributed by atoms with Gasteiger partial charge in [-0.15, -0.1) is 0 Å². The molecule has 0 atom stereocenters. The molecule has 2 aromatic carbocycles. The molecule has 0 aliphatic carbocycles. The summed E-state index contributed by atoms with van der Waals surface area (Å²) in [5.41, 5.74) is 1.65. The molecule has 1 N–H and O–H groups in total. The van der Waals surface area contributed by atoms with Crippen LogP contribution in [-0.2, 0) is 4.79 Å². The smallest absolute Gasteiger partial charge is 0.321 e. The van der Waals surface area contributed by atoms with E-state index in [1.54, 1.807) is 48.8 Å². The summed E-state index contributed by atoms with van der Waals surface area (Å²) >= 11 is 0. The van der Waals surface area contributed by atoms with E-state index in [0.717, 1.165) is 5.56 Å². The van der Waals surface area contributed by atoms with Crippen LogP contribution in [0.4, 0.5) is 5.69 Å². The Labute approximate surface area is 139 Å². The molecule has 1 amide bonds. The second-order valence-corrected chi connectivity index (χ2v) is 4.89. The Morgan fingerprint density at radius 1 is 0.917 bits per heavy atom. The highest BCUT2D eigenvalue weighted by atomic mass is 16.5. The molecule has 118 valence electrons. The molecule has 5 nitrogen and oxygen atoms in total. The van der Waals surface area contributed by atoms with E-state index in [-0.39, 0.29) is 11.9 Å². The van der Waals surface area contributed by atoms with Crippen molar-refractivity contribution in [3.63, 3.8) is 0 Å². The van der Waals surface area contributed by atoms with E-state index in [1.807, 2.05) is 30.3 Å². The first-order chi connectivity index (χ1) is 11.8. The summed E-state index contributed by atoms with van der Waals surface area (Å²) in [5, 5.41) is 2.79. The lowest BCUT2D eigenvalue weighted by atomic mass is 10.2. The molecule has 0 saturated heterocycles.